The maximum Gasteiger partial charge on any atom is 0.329 e. The average Bonchev–Trinajstić information content (AvgIpc) is 2.78. The van der Waals surface area contributed by atoms with Gasteiger partial charge in [-0.15, -0.1) is 0 Å². The summed E-state index contributed by atoms with van der Waals surface area (Å²) in [5, 5.41) is 22.2. The van der Waals surface area contributed by atoms with Gasteiger partial charge < -0.3 is 10.2 Å². The van der Waals surface area contributed by atoms with Crippen molar-refractivity contribution in [2.24, 2.45) is 0 Å². The molecule has 1 aromatic carbocycles. The van der Waals surface area contributed by atoms with Crippen molar-refractivity contribution in [3.05, 3.63) is 42.1 Å². The molecule has 0 aliphatic rings. The van der Waals surface area contributed by atoms with Crippen LogP contribution >= 0.6 is 0 Å². The highest BCUT2D eigenvalue weighted by Gasteiger charge is 2.25. The fourth-order valence-electron chi connectivity index (χ4n) is 2.00. The van der Waals surface area contributed by atoms with Crippen LogP contribution in [-0.4, -0.2) is 31.9 Å². The van der Waals surface area contributed by atoms with Crippen molar-refractivity contribution in [2.45, 2.75) is 19.4 Å². The molecule has 104 valence electrons. The van der Waals surface area contributed by atoms with Crippen molar-refractivity contribution < 1.29 is 19.8 Å². The monoisotopic (exact) mass is 274 g/mol. The van der Waals surface area contributed by atoms with Crippen LogP contribution in [0.25, 0.3) is 11.3 Å². The number of nitrogens with zero attached hydrogens (tertiary/aromatic N) is 2. The summed E-state index contributed by atoms with van der Waals surface area (Å²) < 4.78 is 1.25. The number of aryl methyl sites for hydroxylation is 1. The second-order valence-corrected chi connectivity index (χ2v) is 4.43. The maximum atomic E-state index is 11.2. The molecule has 0 aliphatic heterocycles. The third-order valence-corrected chi connectivity index (χ3v) is 2.94. The average molecular weight is 274 g/mol. The molecule has 1 heterocycles. The lowest BCUT2D eigenvalue weighted by molar-refractivity contribution is -0.147. The minimum absolute atomic E-state index is 0.508. The normalized spacial score (nSPS) is 12.1. The highest BCUT2D eigenvalue weighted by atomic mass is 16.4. The van der Waals surface area contributed by atoms with Crippen LogP contribution in [0.15, 0.2) is 36.4 Å². The number of carboxylic acid groups (broad SMARTS) is 2. The largest absolute Gasteiger partial charge is 0.481 e. The fourth-order valence-corrected chi connectivity index (χ4v) is 2.00. The Bertz CT molecular complexity index is 634. The van der Waals surface area contributed by atoms with Crippen molar-refractivity contribution in [1.29, 1.82) is 0 Å². The molecule has 2 N–H and O–H groups in total. The Morgan fingerprint density at radius 1 is 1.25 bits per heavy atom. The lowest BCUT2D eigenvalue weighted by atomic mass is 10.1. The zero-order chi connectivity index (χ0) is 14.7. The number of carboxylic acids is 2. The smallest absolute Gasteiger partial charge is 0.329 e. The van der Waals surface area contributed by atoms with Gasteiger partial charge in [0.05, 0.1) is 12.1 Å². The maximum absolute atomic E-state index is 11.2. The predicted molar refractivity (Wildman–Crippen MR) is 71.3 cm³/mol. The van der Waals surface area contributed by atoms with Crippen LogP contribution in [0.2, 0.25) is 0 Å². The number of benzene rings is 1. The van der Waals surface area contributed by atoms with Crippen LogP contribution < -0.4 is 0 Å². The fraction of sp³-hybridized carbons (Fsp3) is 0.214. The summed E-state index contributed by atoms with van der Waals surface area (Å²) in [6, 6.07) is 9.85. The first-order chi connectivity index (χ1) is 9.49. The summed E-state index contributed by atoms with van der Waals surface area (Å²) in [6.45, 7) is 1.71. The Morgan fingerprint density at radius 3 is 2.45 bits per heavy atom. The first-order valence-electron chi connectivity index (χ1n) is 6.05. The van der Waals surface area contributed by atoms with E-state index in [1.54, 1.807) is 13.0 Å². The molecule has 0 bridgehead atoms. The third-order valence-electron chi connectivity index (χ3n) is 2.94. The SMILES string of the molecule is Cc1cc(-c2ccccc2)nn1[C@H](CC(=O)O)C(=O)O. The third kappa shape index (κ3) is 2.85. The van der Waals surface area contributed by atoms with E-state index in [-0.39, 0.29) is 0 Å². The van der Waals surface area contributed by atoms with E-state index < -0.39 is 24.4 Å². The Hall–Kier alpha value is -2.63. The minimum Gasteiger partial charge on any atom is -0.481 e. The molecule has 2 aromatic rings. The second-order valence-electron chi connectivity index (χ2n) is 4.43. The molecule has 0 radical (unpaired) electrons. The van der Waals surface area contributed by atoms with Gasteiger partial charge in [0.1, 0.15) is 0 Å². The standard InChI is InChI=1S/C14H14N2O4/c1-9-7-11(10-5-3-2-4-6-10)15-16(9)12(14(19)20)8-13(17)18/h2-7,12H,8H2,1H3,(H,17,18)(H,19,20)/t12-/m1/s1. The van der Waals surface area contributed by atoms with Crippen LogP contribution in [-0.2, 0) is 9.59 Å². The van der Waals surface area contributed by atoms with E-state index in [1.165, 1.54) is 4.68 Å². The molecule has 0 amide bonds. The van der Waals surface area contributed by atoms with E-state index in [2.05, 4.69) is 5.10 Å². The van der Waals surface area contributed by atoms with Crippen molar-refractivity contribution in [3.63, 3.8) is 0 Å². The van der Waals surface area contributed by atoms with Gasteiger partial charge in [0.15, 0.2) is 6.04 Å². The van der Waals surface area contributed by atoms with Crippen LogP contribution in [0.1, 0.15) is 18.2 Å². The summed E-state index contributed by atoms with van der Waals surface area (Å²) in [7, 11) is 0. The minimum atomic E-state index is -1.21. The van der Waals surface area contributed by atoms with Gasteiger partial charge in [0.25, 0.3) is 0 Å². The van der Waals surface area contributed by atoms with E-state index >= 15 is 0 Å². The van der Waals surface area contributed by atoms with Gasteiger partial charge in [0.2, 0.25) is 0 Å². The topological polar surface area (TPSA) is 92.4 Å². The summed E-state index contributed by atoms with van der Waals surface area (Å²) in [4.78, 5) is 22.0. The molecule has 20 heavy (non-hydrogen) atoms. The van der Waals surface area contributed by atoms with E-state index in [0.717, 1.165) is 5.56 Å². The number of rotatable bonds is 5. The summed E-state index contributed by atoms with van der Waals surface area (Å²) in [5.74, 6) is -2.38. The van der Waals surface area contributed by atoms with Crippen LogP contribution in [0.5, 0.6) is 0 Å². The van der Waals surface area contributed by atoms with E-state index in [1.807, 2.05) is 30.3 Å². The predicted octanol–water partition coefficient (Wildman–Crippen LogP) is 1.96. The Labute approximate surface area is 115 Å². The van der Waals surface area contributed by atoms with Gasteiger partial charge in [-0.05, 0) is 13.0 Å². The lowest BCUT2D eigenvalue weighted by Crippen LogP contribution is -2.24. The van der Waals surface area contributed by atoms with Gasteiger partial charge in [-0.1, -0.05) is 30.3 Å². The van der Waals surface area contributed by atoms with E-state index in [9.17, 15) is 9.59 Å². The van der Waals surface area contributed by atoms with E-state index in [0.29, 0.717) is 11.4 Å². The molecule has 0 saturated heterocycles. The van der Waals surface area contributed by atoms with Gasteiger partial charge in [0, 0.05) is 11.3 Å². The Balaban J connectivity index is 2.40. The zero-order valence-electron chi connectivity index (χ0n) is 10.9. The lowest BCUT2D eigenvalue weighted by Gasteiger charge is -2.12. The second kappa shape index (κ2) is 5.56. The highest BCUT2D eigenvalue weighted by Crippen LogP contribution is 2.22. The molecule has 1 atom stereocenters. The summed E-state index contributed by atoms with van der Waals surface area (Å²) in [5.41, 5.74) is 2.09. The molecular weight excluding hydrogens is 260 g/mol. The number of aliphatic carboxylic acids is 2. The first-order valence-corrected chi connectivity index (χ1v) is 6.05. The van der Waals surface area contributed by atoms with Gasteiger partial charge in [-0.25, -0.2) is 4.79 Å². The highest BCUT2D eigenvalue weighted by molar-refractivity contribution is 5.79. The Kier molecular flexibility index (Phi) is 3.84. The molecule has 6 nitrogen and oxygen atoms in total. The molecule has 0 aliphatic carbocycles. The molecule has 6 heteroatoms. The molecule has 2 rings (SSSR count). The van der Waals surface area contributed by atoms with Crippen molar-refractivity contribution in [1.82, 2.24) is 9.78 Å². The zero-order valence-corrected chi connectivity index (χ0v) is 10.9. The summed E-state index contributed by atoms with van der Waals surface area (Å²) in [6.07, 6.45) is -0.508. The van der Waals surface area contributed by atoms with E-state index in [4.69, 9.17) is 10.2 Å². The van der Waals surface area contributed by atoms with Crippen molar-refractivity contribution in [2.75, 3.05) is 0 Å². The molecule has 1 aromatic heterocycles. The number of hydrogen-bond acceptors (Lipinski definition) is 3. The van der Waals surface area contributed by atoms with Gasteiger partial charge in [-0.3, -0.25) is 9.48 Å². The number of aromatic nitrogens is 2. The van der Waals surface area contributed by atoms with Gasteiger partial charge in [-0.2, -0.15) is 5.10 Å². The van der Waals surface area contributed by atoms with Crippen molar-refractivity contribution >= 4 is 11.9 Å². The van der Waals surface area contributed by atoms with Crippen LogP contribution in [0.4, 0.5) is 0 Å². The number of carbonyl (C=O) groups is 2. The molecule has 0 saturated carbocycles. The van der Waals surface area contributed by atoms with Crippen LogP contribution in [0.3, 0.4) is 0 Å². The summed E-state index contributed by atoms with van der Waals surface area (Å²) >= 11 is 0. The first kappa shape index (κ1) is 13.8. The van der Waals surface area contributed by atoms with Crippen LogP contribution in [0, 0.1) is 6.92 Å². The molecular formula is C14H14N2O4. The number of hydrogen-bond donors (Lipinski definition) is 2. The molecule has 0 spiro atoms. The van der Waals surface area contributed by atoms with Crippen molar-refractivity contribution in [3.8, 4) is 11.3 Å². The molecule has 0 fully saturated rings. The molecule has 0 unspecified atom stereocenters. The van der Waals surface area contributed by atoms with Gasteiger partial charge >= 0.3 is 11.9 Å². The Morgan fingerprint density at radius 2 is 1.90 bits per heavy atom. The quantitative estimate of drug-likeness (QED) is 0.869.